The highest BCUT2D eigenvalue weighted by Crippen LogP contribution is 2.16. The van der Waals surface area contributed by atoms with Crippen molar-refractivity contribution in [3.8, 4) is 0 Å². The number of hydrogen-bond donors (Lipinski definition) is 2. The first-order chi connectivity index (χ1) is 8.77. The van der Waals surface area contributed by atoms with E-state index < -0.39 is 22.3 Å². The average Bonchev–Trinajstić information content (AvgIpc) is 2.34. The van der Waals surface area contributed by atoms with E-state index in [1.54, 1.807) is 6.92 Å². The predicted molar refractivity (Wildman–Crippen MR) is 66.8 cm³/mol. The van der Waals surface area contributed by atoms with Crippen LogP contribution in [0.15, 0.2) is 0 Å². The predicted octanol–water partition coefficient (Wildman–Crippen LogP) is -1.28. The van der Waals surface area contributed by atoms with E-state index >= 15 is 0 Å². The van der Waals surface area contributed by atoms with Gasteiger partial charge in [-0.3, -0.25) is 4.79 Å². The molecule has 0 aromatic carbocycles. The zero-order chi connectivity index (χ0) is 14.6. The third-order valence-electron chi connectivity index (χ3n) is 2.86. The van der Waals surface area contributed by atoms with E-state index in [0.717, 1.165) is 4.31 Å². The molecule has 1 rings (SSSR count). The van der Waals surface area contributed by atoms with Gasteiger partial charge in [0.2, 0.25) is 0 Å². The number of morpholine rings is 1. The Hall–Kier alpha value is -0.740. The SMILES string of the molecule is CC1CN(S(=O)(=O)N(C)CCC(=O)O)CC(CO)O1. The van der Waals surface area contributed by atoms with Crippen LogP contribution in [0.4, 0.5) is 0 Å². The maximum Gasteiger partial charge on any atom is 0.304 e. The monoisotopic (exact) mass is 296 g/mol. The molecule has 1 saturated heterocycles. The number of ether oxygens (including phenoxy) is 1. The molecule has 2 unspecified atom stereocenters. The Bertz CT molecular complexity index is 412. The lowest BCUT2D eigenvalue weighted by Crippen LogP contribution is -2.53. The van der Waals surface area contributed by atoms with Crippen LogP contribution < -0.4 is 0 Å². The summed E-state index contributed by atoms with van der Waals surface area (Å²) in [6.45, 7) is 1.64. The van der Waals surface area contributed by atoms with Gasteiger partial charge in [0.05, 0.1) is 25.2 Å². The maximum atomic E-state index is 12.2. The number of aliphatic hydroxyl groups excluding tert-OH is 1. The summed E-state index contributed by atoms with van der Waals surface area (Å²) in [4.78, 5) is 10.5. The quantitative estimate of drug-likeness (QED) is 0.632. The van der Waals surface area contributed by atoms with Crippen molar-refractivity contribution in [2.75, 3.05) is 33.3 Å². The van der Waals surface area contributed by atoms with Gasteiger partial charge in [-0.05, 0) is 6.92 Å². The molecule has 19 heavy (non-hydrogen) atoms. The lowest BCUT2D eigenvalue weighted by molar-refractivity contribution is -0.137. The zero-order valence-corrected chi connectivity index (χ0v) is 11.8. The van der Waals surface area contributed by atoms with Crippen molar-refractivity contribution in [3.63, 3.8) is 0 Å². The lowest BCUT2D eigenvalue weighted by atomic mass is 10.2. The molecule has 1 heterocycles. The molecule has 0 radical (unpaired) electrons. The first-order valence-electron chi connectivity index (χ1n) is 5.97. The third-order valence-corrected chi connectivity index (χ3v) is 4.78. The van der Waals surface area contributed by atoms with Crippen LogP contribution in [0, 0.1) is 0 Å². The number of aliphatic carboxylic acids is 1. The molecule has 0 amide bonds. The van der Waals surface area contributed by atoms with E-state index in [4.69, 9.17) is 14.9 Å². The van der Waals surface area contributed by atoms with E-state index in [-0.39, 0.29) is 38.8 Å². The average molecular weight is 296 g/mol. The standard InChI is InChI=1S/C10H20N2O6S/c1-8-5-12(6-9(7-13)18-8)19(16,17)11(2)4-3-10(14)15/h8-9,13H,3-7H2,1-2H3,(H,14,15). The molecule has 0 saturated carbocycles. The second-order valence-corrected chi connectivity index (χ2v) is 6.58. The normalized spacial score (nSPS) is 25.7. The Morgan fingerprint density at radius 1 is 1.47 bits per heavy atom. The minimum absolute atomic E-state index is 0.0700. The van der Waals surface area contributed by atoms with Gasteiger partial charge in [-0.25, -0.2) is 0 Å². The van der Waals surface area contributed by atoms with E-state index in [9.17, 15) is 13.2 Å². The Morgan fingerprint density at radius 3 is 2.63 bits per heavy atom. The van der Waals surface area contributed by atoms with Crippen molar-refractivity contribution in [2.45, 2.75) is 25.6 Å². The molecule has 1 aliphatic rings. The molecule has 0 spiro atoms. The number of hydrogen-bond acceptors (Lipinski definition) is 5. The van der Waals surface area contributed by atoms with Gasteiger partial charge in [-0.1, -0.05) is 0 Å². The smallest absolute Gasteiger partial charge is 0.304 e. The van der Waals surface area contributed by atoms with Gasteiger partial charge in [0.1, 0.15) is 0 Å². The van der Waals surface area contributed by atoms with Gasteiger partial charge < -0.3 is 14.9 Å². The third kappa shape index (κ3) is 4.39. The first kappa shape index (κ1) is 16.3. The summed E-state index contributed by atoms with van der Waals surface area (Å²) in [5.74, 6) is -1.05. The van der Waals surface area contributed by atoms with E-state index in [0.29, 0.717) is 0 Å². The van der Waals surface area contributed by atoms with E-state index in [1.807, 2.05) is 0 Å². The molecule has 8 nitrogen and oxygen atoms in total. The summed E-state index contributed by atoms with van der Waals surface area (Å²) in [5, 5.41) is 17.6. The maximum absolute atomic E-state index is 12.2. The lowest BCUT2D eigenvalue weighted by Gasteiger charge is -2.36. The van der Waals surface area contributed by atoms with Gasteiger partial charge in [0.25, 0.3) is 10.2 Å². The number of rotatable bonds is 6. The molecular weight excluding hydrogens is 276 g/mol. The summed E-state index contributed by atoms with van der Waals surface area (Å²) in [6, 6.07) is 0. The second-order valence-electron chi connectivity index (χ2n) is 4.54. The van der Waals surface area contributed by atoms with Crippen LogP contribution in [0.5, 0.6) is 0 Å². The molecule has 1 aliphatic heterocycles. The Labute approximate surface area is 112 Å². The van der Waals surface area contributed by atoms with Crippen molar-refractivity contribution in [2.24, 2.45) is 0 Å². The van der Waals surface area contributed by atoms with Crippen LogP contribution in [0.3, 0.4) is 0 Å². The molecule has 112 valence electrons. The van der Waals surface area contributed by atoms with Crippen molar-refractivity contribution >= 4 is 16.2 Å². The Balaban J connectivity index is 2.72. The topological polar surface area (TPSA) is 107 Å². The zero-order valence-electron chi connectivity index (χ0n) is 11.0. The second kappa shape index (κ2) is 6.62. The number of carboxylic acid groups (broad SMARTS) is 1. The van der Waals surface area contributed by atoms with E-state index in [1.165, 1.54) is 11.4 Å². The number of nitrogens with zero attached hydrogens (tertiary/aromatic N) is 2. The van der Waals surface area contributed by atoms with Gasteiger partial charge >= 0.3 is 5.97 Å². The summed E-state index contributed by atoms with van der Waals surface area (Å²) >= 11 is 0. The van der Waals surface area contributed by atoms with Crippen LogP contribution in [0.1, 0.15) is 13.3 Å². The highest BCUT2D eigenvalue weighted by molar-refractivity contribution is 7.86. The van der Waals surface area contributed by atoms with Gasteiger partial charge in [-0.15, -0.1) is 0 Å². The summed E-state index contributed by atoms with van der Waals surface area (Å²) in [6.07, 6.45) is -1.11. The van der Waals surface area contributed by atoms with Crippen LogP contribution in [-0.2, 0) is 19.7 Å². The van der Waals surface area contributed by atoms with E-state index in [2.05, 4.69) is 0 Å². The number of carbonyl (C=O) groups is 1. The summed E-state index contributed by atoms with van der Waals surface area (Å²) in [5.41, 5.74) is 0. The fraction of sp³-hybridized carbons (Fsp3) is 0.900. The molecule has 2 N–H and O–H groups in total. The van der Waals surface area contributed by atoms with Crippen LogP contribution in [0.2, 0.25) is 0 Å². The van der Waals surface area contributed by atoms with Gasteiger partial charge in [0, 0.05) is 26.7 Å². The molecule has 2 atom stereocenters. The molecule has 0 aliphatic carbocycles. The highest BCUT2D eigenvalue weighted by Gasteiger charge is 2.34. The van der Waals surface area contributed by atoms with Crippen molar-refractivity contribution in [3.05, 3.63) is 0 Å². The van der Waals surface area contributed by atoms with Crippen LogP contribution in [0.25, 0.3) is 0 Å². The minimum Gasteiger partial charge on any atom is -0.481 e. The molecule has 0 bridgehead atoms. The molecule has 9 heteroatoms. The fourth-order valence-electron chi connectivity index (χ4n) is 1.86. The van der Waals surface area contributed by atoms with Crippen molar-refractivity contribution < 1.29 is 28.2 Å². The van der Waals surface area contributed by atoms with Crippen LogP contribution in [-0.4, -0.2) is 78.7 Å². The van der Waals surface area contributed by atoms with Gasteiger partial charge in [-0.2, -0.15) is 17.0 Å². The molecule has 1 fully saturated rings. The number of aliphatic hydroxyl groups is 1. The minimum atomic E-state index is -3.72. The Morgan fingerprint density at radius 2 is 2.11 bits per heavy atom. The summed E-state index contributed by atoms with van der Waals surface area (Å²) in [7, 11) is -2.38. The van der Waals surface area contributed by atoms with Crippen LogP contribution >= 0.6 is 0 Å². The summed E-state index contributed by atoms with van der Waals surface area (Å²) < 4.78 is 32.0. The van der Waals surface area contributed by atoms with Crippen molar-refractivity contribution in [1.82, 2.24) is 8.61 Å². The molecule has 0 aromatic rings. The number of carboxylic acids is 1. The van der Waals surface area contributed by atoms with Crippen molar-refractivity contribution in [1.29, 1.82) is 0 Å². The largest absolute Gasteiger partial charge is 0.481 e. The molecular formula is C10H20N2O6S. The van der Waals surface area contributed by atoms with Gasteiger partial charge in [0.15, 0.2) is 0 Å². The highest BCUT2D eigenvalue weighted by atomic mass is 32.2. The first-order valence-corrected chi connectivity index (χ1v) is 7.36. The fourth-order valence-corrected chi connectivity index (χ4v) is 3.33. The molecule has 0 aromatic heterocycles. The Kier molecular flexibility index (Phi) is 5.68.